The number of fused-ring (bicyclic) bond motifs is 3. The Bertz CT molecular complexity index is 1350. The smallest absolute Gasteiger partial charge is 0.267 e. The second-order valence-electron chi connectivity index (χ2n) is 7.99. The number of nitrogens with zero attached hydrogens (tertiary/aromatic N) is 2. The molecule has 0 spiro atoms. The van der Waals surface area contributed by atoms with Gasteiger partial charge in [0.25, 0.3) is 5.56 Å². The number of aromatic nitrogens is 3. The molecule has 31 heavy (non-hydrogen) atoms. The number of rotatable bonds is 5. The van der Waals surface area contributed by atoms with Gasteiger partial charge in [-0.15, -0.1) is 11.3 Å². The highest BCUT2D eigenvalue weighted by molar-refractivity contribution is 7.99. The van der Waals surface area contributed by atoms with E-state index in [1.54, 1.807) is 28.2 Å². The first-order chi connectivity index (χ1) is 15.0. The van der Waals surface area contributed by atoms with Gasteiger partial charge in [-0.25, -0.2) is 4.98 Å². The molecule has 0 saturated carbocycles. The third kappa shape index (κ3) is 3.66. The number of Topliss-reactive ketones (excluding diaryl/α,β-unsaturated/α-hetero) is 1. The molecule has 4 aromatic rings. The molecule has 0 bridgehead atoms. The fraction of sp³-hybridized carbons (Fsp3) is 0.292. The van der Waals surface area contributed by atoms with E-state index in [0.717, 1.165) is 47.2 Å². The number of hydrogen-bond acceptors (Lipinski definition) is 5. The van der Waals surface area contributed by atoms with E-state index in [4.69, 9.17) is 4.98 Å². The van der Waals surface area contributed by atoms with Crippen molar-refractivity contribution in [3.05, 3.63) is 74.1 Å². The summed E-state index contributed by atoms with van der Waals surface area (Å²) in [7, 11) is 0. The van der Waals surface area contributed by atoms with Crippen LogP contribution in [0.2, 0.25) is 0 Å². The lowest BCUT2D eigenvalue weighted by Crippen LogP contribution is -2.23. The lowest BCUT2D eigenvalue weighted by atomic mass is 9.97. The predicted molar refractivity (Wildman–Crippen MR) is 127 cm³/mol. The monoisotopic (exact) mass is 449 g/mol. The molecule has 1 aliphatic rings. The average Bonchev–Trinajstić information content (AvgIpc) is 3.42. The Morgan fingerprint density at radius 1 is 1.19 bits per heavy atom. The van der Waals surface area contributed by atoms with Crippen molar-refractivity contribution in [2.45, 2.75) is 44.7 Å². The summed E-state index contributed by atoms with van der Waals surface area (Å²) >= 11 is 2.96. The second kappa shape index (κ2) is 8.13. The first-order valence-electron chi connectivity index (χ1n) is 10.5. The fourth-order valence-corrected chi connectivity index (χ4v) is 6.29. The van der Waals surface area contributed by atoms with Crippen LogP contribution in [-0.2, 0) is 12.8 Å². The minimum absolute atomic E-state index is 0.0125. The number of aryl methyl sites for hydroxylation is 4. The van der Waals surface area contributed by atoms with Crippen LogP contribution in [0.4, 0.5) is 0 Å². The van der Waals surface area contributed by atoms with Gasteiger partial charge in [0.05, 0.1) is 22.5 Å². The van der Waals surface area contributed by atoms with Crippen molar-refractivity contribution in [1.82, 2.24) is 14.5 Å². The van der Waals surface area contributed by atoms with E-state index in [0.29, 0.717) is 10.9 Å². The Labute approximate surface area is 188 Å². The number of benzene rings is 1. The summed E-state index contributed by atoms with van der Waals surface area (Å²) in [6.07, 6.45) is 5.98. The first-order valence-corrected chi connectivity index (χ1v) is 12.3. The zero-order valence-electron chi connectivity index (χ0n) is 17.5. The third-order valence-electron chi connectivity index (χ3n) is 5.94. The Morgan fingerprint density at radius 2 is 2.03 bits per heavy atom. The molecule has 1 aliphatic carbocycles. The Morgan fingerprint density at radius 3 is 2.81 bits per heavy atom. The van der Waals surface area contributed by atoms with Crippen LogP contribution in [0.1, 0.15) is 44.9 Å². The molecule has 158 valence electrons. The number of thioether (sulfide) groups is 1. The molecule has 5 rings (SSSR count). The molecule has 0 radical (unpaired) electrons. The molecule has 5 nitrogen and oxygen atoms in total. The standard InChI is InChI=1S/C24H23N3O2S2/c1-14-9-10-16(12-15(14)2)27-23(29)21-17-6-3-4-8-20(17)31-22(21)26-24(27)30-13-19(28)18-7-5-11-25-18/h5,7,9-12,25H,3-4,6,8,13H2,1-2H3. The molecule has 3 heterocycles. The minimum Gasteiger partial charge on any atom is -0.359 e. The average molecular weight is 450 g/mol. The number of thiophene rings is 1. The topological polar surface area (TPSA) is 67.8 Å². The SMILES string of the molecule is Cc1ccc(-n2c(SCC(=O)c3ccc[nH]3)nc3sc4c(c3c2=O)CCCC4)cc1C. The van der Waals surface area contributed by atoms with Crippen LogP contribution in [0.25, 0.3) is 15.9 Å². The molecule has 7 heteroatoms. The fourth-order valence-electron chi connectivity index (χ4n) is 4.09. The van der Waals surface area contributed by atoms with Crippen molar-refractivity contribution in [3.63, 3.8) is 0 Å². The zero-order valence-corrected chi connectivity index (χ0v) is 19.2. The quantitative estimate of drug-likeness (QED) is 0.257. The summed E-state index contributed by atoms with van der Waals surface area (Å²) in [4.78, 5) is 36.3. The molecule has 0 aliphatic heterocycles. The highest BCUT2D eigenvalue weighted by atomic mass is 32.2. The van der Waals surface area contributed by atoms with Crippen LogP contribution >= 0.6 is 23.1 Å². The van der Waals surface area contributed by atoms with Gasteiger partial charge >= 0.3 is 0 Å². The van der Waals surface area contributed by atoms with Crippen molar-refractivity contribution in [3.8, 4) is 5.69 Å². The number of aromatic amines is 1. The molecule has 0 unspecified atom stereocenters. The number of hydrogen-bond donors (Lipinski definition) is 1. The van der Waals surface area contributed by atoms with Gasteiger partial charge in [-0.2, -0.15) is 0 Å². The summed E-state index contributed by atoms with van der Waals surface area (Å²) in [5, 5.41) is 1.33. The Kier molecular flexibility index (Phi) is 5.32. The summed E-state index contributed by atoms with van der Waals surface area (Å²) in [6.45, 7) is 4.10. The van der Waals surface area contributed by atoms with E-state index >= 15 is 0 Å². The van der Waals surface area contributed by atoms with Gasteiger partial charge in [0.1, 0.15) is 4.83 Å². The van der Waals surface area contributed by atoms with E-state index in [1.165, 1.54) is 27.8 Å². The maximum Gasteiger partial charge on any atom is 0.267 e. The van der Waals surface area contributed by atoms with E-state index in [1.807, 2.05) is 31.2 Å². The van der Waals surface area contributed by atoms with Gasteiger partial charge in [-0.05, 0) is 80.5 Å². The van der Waals surface area contributed by atoms with Crippen molar-refractivity contribution < 1.29 is 4.79 Å². The normalized spacial score (nSPS) is 13.5. The second-order valence-corrected chi connectivity index (χ2v) is 10.0. The molecule has 0 atom stereocenters. The Balaban J connectivity index is 1.65. The molecule has 0 saturated heterocycles. The number of H-pyrrole nitrogens is 1. The van der Waals surface area contributed by atoms with Gasteiger partial charge in [-0.1, -0.05) is 17.8 Å². The number of carbonyl (C=O) groups excluding carboxylic acids is 1. The molecule has 1 aromatic carbocycles. The van der Waals surface area contributed by atoms with Gasteiger partial charge in [-0.3, -0.25) is 14.2 Å². The van der Waals surface area contributed by atoms with E-state index in [2.05, 4.69) is 11.9 Å². The van der Waals surface area contributed by atoms with Crippen molar-refractivity contribution in [2.75, 3.05) is 5.75 Å². The van der Waals surface area contributed by atoms with Crippen molar-refractivity contribution in [1.29, 1.82) is 0 Å². The van der Waals surface area contributed by atoms with E-state index in [-0.39, 0.29) is 17.1 Å². The van der Waals surface area contributed by atoms with Crippen molar-refractivity contribution >= 4 is 39.1 Å². The Hall–Kier alpha value is -2.64. The van der Waals surface area contributed by atoms with Gasteiger partial charge in [0, 0.05) is 11.1 Å². The molecular weight excluding hydrogens is 426 g/mol. The summed E-state index contributed by atoms with van der Waals surface area (Å²) in [6, 6.07) is 9.60. The number of nitrogens with one attached hydrogen (secondary N) is 1. The maximum atomic E-state index is 13.8. The summed E-state index contributed by atoms with van der Waals surface area (Å²) in [5.74, 6) is 0.204. The van der Waals surface area contributed by atoms with Crippen LogP contribution in [0.5, 0.6) is 0 Å². The van der Waals surface area contributed by atoms with Crippen LogP contribution in [0.15, 0.2) is 46.5 Å². The highest BCUT2D eigenvalue weighted by Gasteiger charge is 2.23. The number of carbonyl (C=O) groups is 1. The largest absolute Gasteiger partial charge is 0.359 e. The van der Waals surface area contributed by atoms with Gasteiger partial charge in [0.15, 0.2) is 10.9 Å². The highest BCUT2D eigenvalue weighted by Crippen LogP contribution is 2.35. The minimum atomic E-state index is -0.0255. The van der Waals surface area contributed by atoms with Gasteiger partial charge < -0.3 is 4.98 Å². The first kappa shape index (κ1) is 20.3. The molecule has 1 N–H and O–H groups in total. The van der Waals surface area contributed by atoms with E-state index in [9.17, 15) is 9.59 Å². The zero-order chi connectivity index (χ0) is 21.5. The van der Waals surface area contributed by atoms with Crippen LogP contribution in [0, 0.1) is 13.8 Å². The lowest BCUT2D eigenvalue weighted by Gasteiger charge is -2.14. The molecule has 3 aromatic heterocycles. The summed E-state index contributed by atoms with van der Waals surface area (Å²) in [5.41, 5.74) is 4.82. The van der Waals surface area contributed by atoms with Gasteiger partial charge in [0.2, 0.25) is 0 Å². The van der Waals surface area contributed by atoms with Crippen LogP contribution in [-0.4, -0.2) is 26.1 Å². The maximum absolute atomic E-state index is 13.8. The predicted octanol–water partition coefficient (Wildman–Crippen LogP) is 5.25. The lowest BCUT2D eigenvalue weighted by molar-refractivity contribution is 0.101. The summed E-state index contributed by atoms with van der Waals surface area (Å²) < 4.78 is 1.70. The number of ketones is 1. The molecule has 0 amide bonds. The third-order valence-corrected chi connectivity index (χ3v) is 8.06. The molecule has 0 fully saturated rings. The van der Waals surface area contributed by atoms with Crippen LogP contribution in [0.3, 0.4) is 0 Å². The van der Waals surface area contributed by atoms with Crippen LogP contribution < -0.4 is 5.56 Å². The van der Waals surface area contributed by atoms with Crippen molar-refractivity contribution in [2.24, 2.45) is 0 Å². The molecular formula is C24H23N3O2S2. The van der Waals surface area contributed by atoms with E-state index < -0.39 is 0 Å².